The second-order valence-corrected chi connectivity index (χ2v) is 4.50. The van der Waals surface area contributed by atoms with Crippen molar-refractivity contribution in [1.82, 2.24) is 4.98 Å². The van der Waals surface area contributed by atoms with Crippen LogP contribution in [0.5, 0.6) is 5.75 Å². The van der Waals surface area contributed by atoms with Crippen molar-refractivity contribution in [2.75, 3.05) is 6.61 Å². The first-order valence-electron chi connectivity index (χ1n) is 6.26. The number of nitrogens with one attached hydrogen (secondary N) is 1. The van der Waals surface area contributed by atoms with E-state index in [2.05, 4.69) is 11.9 Å². The largest absolute Gasteiger partial charge is 0.494 e. The van der Waals surface area contributed by atoms with E-state index in [9.17, 15) is 4.79 Å². The zero-order chi connectivity index (χ0) is 13.7. The van der Waals surface area contributed by atoms with E-state index in [4.69, 9.17) is 16.3 Å². The maximum Gasteiger partial charge on any atom is 0.252 e. The molecular weight excluding hydrogens is 262 g/mol. The molecular formula is C15H16ClNO2. The molecule has 0 aliphatic carbocycles. The number of aromatic nitrogens is 1. The van der Waals surface area contributed by atoms with E-state index >= 15 is 0 Å². The van der Waals surface area contributed by atoms with Crippen molar-refractivity contribution in [2.24, 2.45) is 0 Å². The van der Waals surface area contributed by atoms with Crippen molar-refractivity contribution in [3.05, 3.63) is 52.3 Å². The predicted octanol–water partition coefficient (Wildman–Crippen LogP) is 3.57. The molecule has 0 fully saturated rings. The summed E-state index contributed by atoms with van der Waals surface area (Å²) in [6.07, 6.45) is 0.964. The molecule has 0 saturated carbocycles. The highest BCUT2D eigenvalue weighted by Crippen LogP contribution is 2.21. The van der Waals surface area contributed by atoms with Crippen LogP contribution >= 0.6 is 11.6 Å². The van der Waals surface area contributed by atoms with E-state index < -0.39 is 0 Å². The Balaban J connectivity index is 2.31. The van der Waals surface area contributed by atoms with Gasteiger partial charge in [0, 0.05) is 16.8 Å². The molecule has 0 radical (unpaired) electrons. The van der Waals surface area contributed by atoms with Crippen molar-refractivity contribution >= 4 is 11.6 Å². The number of hydrogen-bond acceptors (Lipinski definition) is 2. The summed E-state index contributed by atoms with van der Waals surface area (Å²) >= 11 is 5.67. The van der Waals surface area contributed by atoms with Crippen molar-refractivity contribution < 1.29 is 4.74 Å². The molecule has 0 spiro atoms. The van der Waals surface area contributed by atoms with Crippen LogP contribution in [0.25, 0.3) is 11.3 Å². The molecule has 3 nitrogen and oxygen atoms in total. The van der Waals surface area contributed by atoms with E-state index in [1.165, 1.54) is 0 Å². The van der Waals surface area contributed by atoms with Gasteiger partial charge in [-0.3, -0.25) is 4.79 Å². The highest BCUT2D eigenvalue weighted by Gasteiger charge is 2.03. The Bertz CT molecular complexity index is 607. The SMILES string of the molecule is CCCOc1cccc(-c2ccc(CCl)c(=O)[nH]2)c1. The van der Waals surface area contributed by atoms with Gasteiger partial charge in [-0.25, -0.2) is 0 Å². The lowest BCUT2D eigenvalue weighted by Crippen LogP contribution is -2.11. The minimum Gasteiger partial charge on any atom is -0.494 e. The van der Waals surface area contributed by atoms with Crippen LogP contribution in [0.2, 0.25) is 0 Å². The van der Waals surface area contributed by atoms with Gasteiger partial charge in [-0.1, -0.05) is 25.1 Å². The average molecular weight is 278 g/mol. The number of H-pyrrole nitrogens is 1. The van der Waals surface area contributed by atoms with Gasteiger partial charge in [-0.15, -0.1) is 11.6 Å². The Kier molecular flexibility index (Phi) is 4.63. The monoisotopic (exact) mass is 277 g/mol. The van der Waals surface area contributed by atoms with Gasteiger partial charge in [-0.05, 0) is 24.6 Å². The highest BCUT2D eigenvalue weighted by molar-refractivity contribution is 6.17. The normalized spacial score (nSPS) is 10.4. The molecule has 0 atom stereocenters. The second kappa shape index (κ2) is 6.43. The van der Waals surface area contributed by atoms with Gasteiger partial charge >= 0.3 is 0 Å². The standard InChI is InChI=1S/C15H16ClNO2/c1-2-8-19-13-5-3-4-11(9-13)14-7-6-12(10-16)15(18)17-14/h3-7,9H,2,8,10H2,1H3,(H,17,18). The van der Waals surface area contributed by atoms with E-state index in [-0.39, 0.29) is 11.4 Å². The number of aromatic amines is 1. The fraction of sp³-hybridized carbons (Fsp3) is 0.267. The van der Waals surface area contributed by atoms with Crippen molar-refractivity contribution in [3.8, 4) is 17.0 Å². The Morgan fingerprint density at radius 1 is 1.26 bits per heavy atom. The van der Waals surface area contributed by atoms with E-state index in [1.54, 1.807) is 6.07 Å². The third-order valence-electron chi connectivity index (χ3n) is 2.75. The molecule has 19 heavy (non-hydrogen) atoms. The summed E-state index contributed by atoms with van der Waals surface area (Å²) in [4.78, 5) is 14.6. The molecule has 1 N–H and O–H groups in total. The van der Waals surface area contributed by atoms with Crippen LogP contribution in [0, 0.1) is 0 Å². The minimum absolute atomic E-state index is 0.146. The Morgan fingerprint density at radius 2 is 2.11 bits per heavy atom. The fourth-order valence-corrected chi connectivity index (χ4v) is 1.96. The molecule has 1 aromatic carbocycles. The molecule has 0 saturated heterocycles. The molecule has 0 amide bonds. The van der Waals surface area contributed by atoms with Crippen LogP contribution in [0.3, 0.4) is 0 Å². The van der Waals surface area contributed by atoms with Crippen LogP contribution in [0.4, 0.5) is 0 Å². The minimum atomic E-state index is -0.146. The quantitative estimate of drug-likeness (QED) is 0.849. The molecule has 100 valence electrons. The summed E-state index contributed by atoms with van der Waals surface area (Å²) in [5.41, 5.74) is 2.11. The van der Waals surface area contributed by atoms with E-state index in [0.717, 1.165) is 23.4 Å². The molecule has 0 aliphatic rings. The lowest BCUT2D eigenvalue weighted by molar-refractivity contribution is 0.317. The summed E-state index contributed by atoms with van der Waals surface area (Å²) in [5.74, 6) is 1.02. The Morgan fingerprint density at radius 3 is 2.79 bits per heavy atom. The van der Waals surface area contributed by atoms with Crippen molar-refractivity contribution in [3.63, 3.8) is 0 Å². The van der Waals surface area contributed by atoms with E-state index in [1.807, 2.05) is 30.3 Å². The first-order chi connectivity index (χ1) is 9.24. The van der Waals surface area contributed by atoms with Crippen molar-refractivity contribution in [2.45, 2.75) is 19.2 Å². The summed E-state index contributed by atoms with van der Waals surface area (Å²) < 4.78 is 5.58. The number of ether oxygens (including phenoxy) is 1. The van der Waals surface area contributed by atoms with Crippen LogP contribution in [0.15, 0.2) is 41.2 Å². The van der Waals surface area contributed by atoms with Gasteiger partial charge in [0.05, 0.1) is 12.5 Å². The summed E-state index contributed by atoms with van der Waals surface area (Å²) in [6, 6.07) is 11.3. The van der Waals surface area contributed by atoms with E-state index in [0.29, 0.717) is 12.2 Å². The Labute approximate surface area is 117 Å². The lowest BCUT2D eigenvalue weighted by Gasteiger charge is -2.07. The van der Waals surface area contributed by atoms with Crippen LogP contribution in [-0.4, -0.2) is 11.6 Å². The molecule has 0 unspecified atom stereocenters. The highest BCUT2D eigenvalue weighted by atomic mass is 35.5. The second-order valence-electron chi connectivity index (χ2n) is 4.24. The van der Waals surface area contributed by atoms with Gasteiger partial charge in [-0.2, -0.15) is 0 Å². The smallest absolute Gasteiger partial charge is 0.252 e. The van der Waals surface area contributed by atoms with Crippen LogP contribution < -0.4 is 10.3 Å². The number of benzene rings is 1. The van der Waals surface area contributed by atoms with Gasteiger partial charge < -0.3 is 9.72 Å². The van der Waals surface area contributed by atoms with Crippen LogP contribution in [-0.2, 0) is 5.88 Å². The molecule has 1 heterocycles. The zero-order valence-electron chi connectivity index (χ0n) is 10.8. The maximum absolute atomic E-state index is 11.7. The van der Waals surface area contributed by atoms with Gasteiger partial charge in [0.1, 0.15) is 5.75 Å². The predicted molar refractivity (Wildman–Crippen MR) is 77.8 cm³/mol. The molecule has 0 aliphatic heterocycles. The molecule has 4 heteroatoms. The Hall–Kier alpha value is -1.74. The maximum atomic E-state index is 11.7. The van der Waals surface area contributed by atoms with Gasteiger partial charge in [0.15, 0.2) is 0 Å². The number of alkyl halides is 1. The zero-order valence-corrected chi connectivity index (χ0v) is 11.5. The average Bonchev–Trinajstić information content (AvgIpc) is 2.45. The molecule has 2 aromatic rings. The van der Waals surface area contributed by atoms with Gasteiger partial charge in [0.25, 0.3) is 5.56 Å². The third kappa shape index (κ3) is 3.38. The topological polar surface area (TPSA) is 42.1 Å². The number of halogens is 1. The summed E-state index contributed by atoms with van der Waals surface area (Å²) in [5, 5.41) is 0. The van der Waals surface area contributed by atoms with Gasteiger partial charge in [0.2, 0.25) is 0 Å². The summed E-state index contributed by atoms with van der Waals surface area (Å²) in [6.45, 7) is 2.75. The summed E-state index contributed by atoms with van der Waals surface area (Å²) in [7, 11) is 0. The third-order valence-corrected chi connectivity index (χ3v) is 3.04. The molecule has 0 bridgehead atoms. The molecule has 2 rings (SSSR count). The number of hydrogen-bond donors (Lipinski definition) is 1. The first-order valence-corrected chi connectivity index (χ1v) is 6.79. The fourth-order valence-electron chi connectivity index (χ4n) is 1.75. The number of rotatable bonds is 5. The first kappa shape index (κ1) is 13.7. The molecule has 1 aromatic heterocycles. The number of pyridine rings is 1. The lowest BCUT2D eigenvalue weighted by atomic mass is 10.1. The van der Waals surface area contributed by atoms with Crippen molar-refractivity contribution in [1.29, 1.82) is 0 Å². The van der Waals surface area contributed by atoms with Crippen LogP contribution in [0.1, 0.15) is 18.9 Å².